The van der Waals surface area contributed by atoms with E-state index in [0.29, 0.717) is 22.7 Å². The van der Waals surface area contributed by atoms with Gasteiger partial charge in [-0.1, -0.05) is 29.8 Å². The average molecular weight is 313 g/mol. The van der Waals surface area contributed by atoms with E-state index in [1.807, 2.05) is 0 Å². The number of nitrogens with zero attached hydrogens (tertiary/aromatic N) is 1. The first-order valence-corrected chi connectivity index (χ1v) is 6.42. The van der Waals surface area contributed by atoms with Crippen molar-refractivity contribution >= 4 is 23.0 Å². The van der Waals surface area contributed by atoms with Gasteiger partial charge in [-0.05, 0) is 18.6 Å². The molecule has 2 aromatic carbocycles. The molecule has 0 aliphatic rings. The fraction of sp³-hybridized carbons (Fsp3) is 0.143. The van der Waals surface area contributed by atoms with Crippen molar-refractivity contribution in [3.05, 3.63) is 68.7 Å². The second-order valence-corrected chi connectivity index (χ2v) is 4.84. The fourth-order valence-corrected chi connectivity index (χ4v) is 2.22. The highest BCUT2D eigenvalue weighted by Gasteiger charge is 2.19. The molecule has 0 heterocycles. The Kier molecular flexibility index (Phi) is 4.37. The summed E-state index contributed by atoms with van der Waals surface area (Å²) in [6.07, 6.45) is 0. The molecule has 4 nitrogen and oxygen atoms in total. The van der Waals surface area contributed by atoms with Gasteiger partial charge in [0.25, 0.3) is 5.69 Å². The first-order chi connectivity index (χ1) is 9.90. The van der Waals surface area contributed by atoms with E-state index in [4.69, 9.17) is 11.6 Å². The fourth-order valence-electron chi connectivity index (χ4n) is 1.92. The summed E-state index contributed by atoms with van der Waals surface area (Å²) in [5, 5.41) is 13.6. The molecular weight excluding hydrogens is 302 g/mol. The third-order valence-corrected chi connectivity index (χ3v) is 3.31. The maximum absolute atomic E-state index is 13.8. The predicted molar refractivity (Wildman–Crippen MR) is 76.5 cm³/mol. The number of nitro benzene ring substituents is 1. The molecule has 0 aliphatic heterocycles. The topological polar surface area (TPSA) is 55.2 Å². The van der Waals surface area contributed by atoms with Crippen LogP contribution in [0.3, 0.4) is 0 Å². The minimum absolute atomic E-state index is 0.423. The number of non-ortho nitro benzene ring substituents is 1. The van der Waals surface area contributed by atoms with Gasteiger partial charge < -0.3 is 5.32 Å². The number of nitrogens with one attached hydrogen (secondary N) is 1. The minimum Gasteiger partial charge on any atom is -0.374 e. The van der Waals surface area contributed by atoms with E-state index in [0.717, 1.165) is 0 Å². The molecule has 110 valence electrons. The zero-order valence-corrected chi connectivity index (χ0v) is 11.7. The number of hydrogen-bond donors (Lipinski definition) is 1. The van der Waals surface area contributed by atoms with Gasteiger partial charge in [0.05, 0.1) is 23.1 Å². The molecule has 1 N–H and O–H groups in total. The summed E-state index contributed by atoms with van der Waals surface area (Å²) in [7, 11) is 0. The van der Waals surface area contributed by atoms with E-state index in [1.54, 1.807) is 31.2 Å². The molecule has 2 aromatic rings. The molecule has 0 saturated carbocycles. The summed E-state index contributed by atoms with van der Waals surface area (Å²) in [4.78, 5) is 9.69. The van der Waals surface area contributed by atoms with Crippen LogP contribution in [0.4, 0.5) is 20.2 Å². The highest BCUT2D eigenvalue weighted by Crippen LogP contribution is 2.30. The number of nitro groups is 1. The molecule has 0 fully saturated rings. The van der Waals surface area contributed by atoms with Crippen LogP contribution in [-0.2, 0) is 0 Å². The highest BCUT2D eigenvalue weighted by molar-refractivity contribution is 6.31. The van der Waals surface area contributed by atoms with E-state index < -0.39 is 34.0 Å². The third-order valence-electron chi connectivity index (χ3n) is 2.97. The van der Waals surface area contributed by atoms with Crippen molar-refractivity contribution in [3.8, 4) is 0 Å². The van der Waals surface area contributed by atoms with E-state index in [9.17, 15) is 18.9 Å². The van der Waals surface area contributed by atoms with Crippen molar-refractivity contribution in [1.82, 2.24) is 0 Å². The van der Waals surface area contributed by atoms with E-state index in [2.05, 4.69) is 5.32 Å². The lowest BCUT2D eigenvalue weighted by molar-refractivity contribution is -0.385. The summed E-state index contributed by atoms with van der Waals surface area (Å²) in [6, 6.07) is 7.76. The van der Waals surface area contributed by atoms with Crippen LogP contribution >= 0.6 is 11.6 Å². The first kappa shape index (κ1) is 15.2. The van der Waals surface area contributed by atoms with Crippen molar-refractivity contribution < 1.29 is 13.7 Å². The molecular formula is C14H11ClF2N2O2. The Hall–Kier alpha value is -2.21. The molecule has 0 radical (unpaired) electrons. The van der Waals surface area contributed by atoms with Gasteiger partial charge in [-0.25, -0.2) is 8.78 Å². The third kappa shape index (κ3) is 3.28. The Balaban J connectivity index is 2.32. The van der Waals surface area contributed by atoms with Gasteiger partial charge in [-0.2, -0.15) is 0 Å². The maximum Gasteiger partial charge on any atom is 0.275 e. The van der Waals surface area contributed by atoms with Crippen molar-refractivity contribution in [1.29, 1.82) is 0 Å². The van der Waals surface area contributed by atoms with Crippen molar-refractivity contribution in [3.63, 3.8) is 0 Å². The average Bonchev–Trinajstić information content (AvgIpc) is 2.42. The minimum atomic E-state index is -1.03. The van der Waals surface area contributed by atoms with Crippen LogP contribution in [-0.4, -0.2) is 4.92 Å². The summed E-state index contributed by atoms with van der Waals surface area (Å²) >= 11 is 6.01. The Morgan fingerprint density at radius 1 is 1.24 bits per heavy atom. The number of hydrogen-bond acceptors (Lipinski definition) is 3. The molecule has 0 aliphatic carbocycles. The largest absolute Gasteiger partial charge is 0.374 e. The molecule has 1 atom stereocenters. The molecule has 21 heavy (non-hydrogen) atoms. The summed E-state index contributed by atoms with van der Waals surface area (Å²) in [5.41, 5.74) is -0.398. The molecule has 1 unspecified atom stereocenters. The smallest absolute Gasteiger partial charge is 0.275 e. The lowest BCUT2D eigenvalue weighted by Crippen LogP contribution is -2.10. The van der Waals surface area contributed by atoms with Crippen LogP contribution in [0.25, 0.3) is 0 Å². The predicted octanol–water partition coefficient (Wildman–Crippen LogP) is 4.70. The Morgan fingerprint density at radius 3 is 2.33 bits per heavy atom. The maximum atomic E-state index is 13.8. The Bertz CT molecular complexity index is 671. The van der Waals surface area contributed by atoms with Gasteiger partial charge in [-0.15, -0.1) is 0 Å². The summed E-state index contributed by atoms with van der Waals surface area (Å²) in [5.74, 6) is -2.05. The van der Waals surface area contributed by atoms with Crippen LogP contribution in [0.15, 0.2) is 36.4 Å². The van der Waals surface area contributed by atoms with Gasteiger partial charge in [-0.3, -0.25) is 10.1 Å². The van der Waals surface area contributed by atoms with E-state index >= 15 is 0 Å². The highest BCUT2D eigenvalue weighted by atomic mass is 35.5. The van der Waals surface area contributed by atoms with Crippen LogP contribution in [0.2, 0.25) is 5.02 Å². The van der Waals surface area contributed by atoms with Gasteiger partial charge >= 0.3 is 0 Å². The van der Waals surface area contributed by atoms with Gasteiger partial charge in [0.1, 0.15) is 5.69 Å². The monoisotopic (exact) mass is 312 g/mol. The van der Waals surface area contributed by atoms with Crippen LogP contribution in [0, 0.1) is 21.7 Å². The second kappa shape index (κ2) is 6.05. The normalized spacial score (nSPS) is 12.0. The van der Waals surface area contributed by atoms with E-state index in [-0.39, 0.29) is 0 Å². The van der Waals surface area contributed by atoms with Crippen LogP contribution in [0.5, 0.6) is 0 Å². The Labute approximate surface area is 124 Å². The molecule has 0 saturated heterocycles. The Morgan fingerprint density at radius 2 is 1.81 bits per heavy atom. The molecule has 0 spiro atoms. The molecule has 7 heteroatoms. The van der Waals surface area contributed by atoms with Gasteiger partial charge in [0.2, 0.25) is 0 Å². The van der Waals surface area contributed by atoms with Crippen molar-refractivity contribution in [2.24, 2.45) is 0 Å². The lowest BCUT2D eigenvalue weighted by Gasteiger charge is -2.17. The van der Waals surface area contributed by atoms with E-state index in [1.165, 1.54) is 0 Å². The number of benzene rings is 2. The molecule has 0 aromatic heterocycles. The van der Waals surface area contributed by atoms with Gasteiger partial charge in [0.15, 0.2) is 11.6 Å². The first-order valence-electron chi connectivity index (χ1n) is 6.04. The quantitative estimate of drug-likeness (QED) is 0.657. The van der Waals surface area contributed by atoms with Crippen LogP contribution in [0.1, 0.15) is 18.5 Å². The summed E-state index contributed by atoms with van der Waals surface area (Å²) < 4.78 is 27.6. The van der Waals surface area contributed by atoms with Crippen molar-refractivity contribution in [2.75, 3.05) is 5.32 Å². The molecule has 0 bridgehead atoms. The summed E-state index contributed by atoms with van der Waals surface area (Å²) in [6.45, 7) is 1.68. The molecule has 0 amide bonds. The van der Waals surface area contributed by atoms with Crippen LogP contribution < -0.4 is 5.32 Å². The number of rotatable bonds is 4. The number of anilines is 1. The van der Waals surface area contributed by atoms with Gasteiger partial charge in [0, 0.05) is 5.02 Å². The van der Waals surface area contributed by atoms with Crippen molar-refractivity contribution in [2.45, 2.75) is 13.0 Å². The SMILES string of the molecule is CC(Nc1c(F)cc([N+](=O)[O-])cc1F)c1ccccc1Cl. The molecule has 2 rings (SSSR count). The lowest BCUT2D eigenvalue weighted by atomic mass is 10.1. The second-order valence-electron chi connectivity index (χ2n) is 4.43. The standard InChI is InChI=1S/C14H11ClF2N2O2/c1-8(10-4-2-3-5-11(10)15)18-14-12(16)6-9(19(20)21)7-13(14)17/h2-8,18H,1H3. The zero-order chi connectivity index (χ0) is 15.6. The zero-order valence-electron chi connectivity index (χ0n) is 10.9. The number of halogens is 3.